The van der Waals surface area contributed by atoms with Gasteiger partial charge in [0.2, 0.25) is 0 Å². The van der Waals surface area contributed by atoms with Crippen molar-refractivity contribution in [2.75, 3.05) is 0 Å². The van der Waals surface area contributed by atoms with E-state index in [0.717, 1.165) is 17.9 Å². The number of aryl methyl sites for hydroxylation is 1. The maximum absolute atomic E-state index is 11.2. The molecule has 0 bridgehead atoms. The number of pyridine rings is 1. The molecule has 0 aliphatic rings. The van der Waals surface area contributed by atoms with Gasteiger partial charge in [-0.25, -0.2) is 14.8 Å². The molecule has 2 rings (SSSR count). The van der Waals surface area contributed by atoms with Crippen LogP contribution in [-0.2, 0) is 6.42 Å². The molecular formula is C14H17N3O2. The van der Waals surface area contributed by atoms with Gasteiger partial charge in [-0.05, 0) is 18.1 Å². The van der Waals surface area contributed by atoms with E-state index in [1.165, 1.54) is 0 Å². The van der Waals surface area contributed by atoms with Crippen molar-refractivity contribution < 1.29 is 9.90 Å². The van der Waals surface area contributed by atoms with E-state index in [1.807, 2.05) is 25.3 Å². The normalized spacial score (nSPS) is 10.9. The van der Waals surface area contributed by atoms with Crippen molar-refractivity contribution in [3.05, 3.63) is 41.6 Å². The second-order valence-electron chi connectivity index (χ2n) is 4.67. The summed E-state index contributed by atoms with van der Waals surface area (Å²) < 4.78 is 1.83. The summed E-state index contributed by atoms with van der Waals surface area (Å²) in [5.41, 5.74) is 1.02. The molecule has 0 saturated carbocycles. The highest BCUT2D eigenvalue weighted by Gasteiger charge is 2.13. The molecule has 0 amide bonds. The van der Waals surface area contributed by atoms with Crippen LogP contribution in [0.2, 0.25) is 0 Å². The van der Waals surface area contributed by atoms with Gasteiger partial charge in [-0.2, -0.15) is 0 Å². The van der Waals surface area contributed by atoms with Gasteiger partial charge < -0.3 is 5.11 Å². The van der Waals surface area contributed by atoms with Crippen molar-refractivity contribution in [1.29, 1.82) is 0 Å². The summed E-state index contributed by atoms with van der Waals surface area (Å²) >= 11 is 0. The lowest BCUT2D eigenvalue weighted by Crippen LogP contribution is -2.08. The molecule has 2 aromatic heterocycles. The molecule has 1 N–H and O–H groups in total. The number of rotatable bonds is 4. The third-order valence-corrected chi connectivity index (χ3v) is 2.95. The van der Waals surface area contributed by atoms with E-state index in [1.54, 1.807) is 24.5 Å². The fourth-order valence-corrected chi connectivity index (χ4v) is 1.88. The van der Waals surface area contributed by atoms with E-state index in [4.69, 9.17) is 0 Å². The molecule has 0 unspecified atom stereocenters. The Bertz CT molecular complexity index is 602. The number of carboxylic acids is 1. The summed E-state index contributed by atoms with van der Waals surface area (Å²) in [6.45, 7) is 5.99. The van der Waals surface area contributed by atoms with E-state index in [0.29, 0.717) is 5.82 Å². The van der Waals surface area contributed by atoms with Crippen molar-refractivity contribution in [2.45, 2.75) is 33.1 Å². The first kappa shape index (κ1) is 13.3. The summed E-state index contributed by atoms with van der Waals surface area (Å²) in [4.78, 5) is 20.0. The van der Waals surface area contributed by atoms with E-state index < -0.39 is 5.97 Å². The summed E-state index contributed by atoms with van der Waals surface area (Å²) in [5.74, 6) is 0.707. The Morgan fingerprint density at radius 2 is 2.16 bits per heavy atom. The Morgan fingerprint density at radius 1 is 1.42 bits per heavy atom. The molecule has 0 radical (unpaired) electrons. The van der Waals surface area contributed by atoms with Crippen molar-refractivity contribution >= 4 is 5.97 Å². The van der Waals surface area contributed by atoms with Crippen molar-refractivity contribution in [2.24, 2.45) is 0 Å². The zero-order chi connectivity index (χ0) is 14.0. The van der Waals surface area contributed by atoms with Gasteiger partial charge in [0.15, 0.2) is 0 Å². The van der Waals surface area contributed by atoms with Crippen molar-refractivity contribution in [1.82, 2.24) is 14.5 Å². The quantitative estimate of drug-likeness (QED) is 0.916. The lowest BCUT2D eigenvalue weighted by molar-refractivity contribution is 0.0696. The van der Waals surface area contributed by atoms with Crippen LogP contribution in [0.1, 0.15) is 48.6 Å². The summed E-state index contributed by atoms with van der Waals surface area (Å²) in [6, 6.07) is 3.20. The third-order valence-electron chi connectivity index (χ3n) is 2.95. The lowest BCUT2D eigenvalue weighted by Gasteiger charge is -2.11. The molecule has 0 atom stereocenters. The monoisotopic (exact) mass is 259 g/mol. The fourth-order valence-electron chi connectivity index (χ4n) is 1.88. The smallest absolute Gasteiger partial charge is 0.335 e. The van der Waals surface area contributed by atoms with Gasteiger partial charge in [0.05, 0.1) is 5.56 Å². The number of nitrogens with zero attached hydrogens (tertiary/aromatic N) is 3. The second kappa shape index (κ2) is 5.22. The van der Waals surface area contributed by atoms with Crippen LogP contribution >= 0.6 is 0 Å². The average Bonchev–Trinajstić information content (AvgIpc) is 2.86. The van der Waals surface area contributed by atoms with Crippen LogP contribution in [0.5, 0.6) is 0 Å². The molecular weight excluding hydrogens is 242 g/mol. The molecule has 2 heterocycles. The predicted molar refractivity (Wildman–Crippen MR) is 71.8 cm³/mol. The highest BCUT2D eigenvalue weighted by Crippen LogP contribution is 2.18. The second-order valence-corrected chi connectivity index (χ2v) is 4.67. The largest absolute Gasteiger partial charge is 0.478 e. The first-order valence-corrected chi connectivity index (χ1v) is 6.30. The van der Waals surface area contributed by atoms with Crippen LogP contribution in [0.25, 0.3) is 5.82 Å². The van der Waals surface area contributed by atoms with Gasteiger partial charge in [-0.1, -0.05) is 20.8 Å². The first-order valence-electron chi connectivity index (χ1n) is 6.30. The number of aromatic nitrogens is 3. The minimum Gasteiger partial charge on any atom is -0.478 e. The topological polar surface area (TPSA) is 68.0 Å². The van der Waals surface area contributed by atoms with Gasteiger partial charge in [0.25, 0.3) is 0 Å². The Labute approximate surface area is 111 Å². The number of hydrogen-bond acceptors (Lipinski definition) is 3. The van der Waals surface area contributed by atoms with E-state index in [2.05, 4.69) is 9.97 Å². The zero-order valence-corrected chi connectivity index (χ0v) is 11.3. The van der Waals surface area contributed by atoms with E-state index in [9.17, 15) is 9.90 Å². The van der Waals surface area contributed by atoms with Crippen LogP contribution in [0, 0.1) is 0 Å². The molecule has 0 aromatic carbocycles. The molecule has 0 aliphatic carbocycles. The molecule has 19 heavy (non-hydrogen) atoms. The van der Waals surface area contributed by atoms with Crippen molar-refractivity contribution in [3.8, 4) is 5.82 Å². The fraction of sp³-hybridized carbons (Fsp3) is 0.357. The number of imidazole rings is 1. The summed E-state index contributed by atoms with van der Waals surface area (Å²) in [7, 11) is 0. The average molecular weight is 259 g/mol. The first-order chi connectivity index (χ1) is 9.02. The maximum atomic E-state index is 11.2. The summed E-state index contributed by atoms with van der Waals surface area (Å²) in [6.07, 6.45) is 4.27. The highest BCUT2D eigenvalue weighted by atomic mass is 16.4. The van der Waals surface area contributed by atoms with Gasteiger partial charge in [-0.3, -0.25) is 4.57 Å². The minimum atomic E-state index is -0.941. The molecule has 5 heteroatoms. The number of carbonyl (C=O) groups is 1. The van der Waals surface area contributed by atoms with Crippen LogP contribution in [0.15, 0.2) is 24.5 Å². The molecule has 0 aliphatic heterocycles. The molecule has 0 spiro atoms. The van der Waals surface area contributed by atoms with Gasteiger partial charge in [0.1, 0.15) is 11.6 Å². The van der Waals surface area contributed by atoms with Gasteiger partial charge >= 0.3 is 5.97 Å². The molecule has 0 saturated heterocycles. The Morgan fingerprint density at radius 3 is 2.74 bits per heavy atom. The van der Waals surface area contributed by atoms with E-state index in [-0.39, 0.29) is 11.5 Å². The number of carboxylic acid groups (broad SMARTS) is 1. The van der Waals surface area contributed by atoms with Gasteiger partial charge in [0, 0.05) is 24.5 Å². The lowest BCUT2D eigenvalue weighted by atomic mass is 10.1. The number of aromatic carboxylic acids is 1. The van der Waals surface area contributed by atoms with Gasteiger partial charge in [-0.15, -0.1) is 0 Å². The van der Waals surface area contributed by atoms with E-state index >= 15 is 0 Å². The SMILES string of the molecule is CCc1nccn1-c1cc(C(=O)O)cc(C(C)C)n1. The van der Waals surface area contributed by atoms with Crippen LogP contribution in [-0.4, -0.2) is 25.6 Å². The maximum Gasteiger partial charge on any atom is 0.335 e. The Kier molecular flexibility index (Phi) is 3.64. The zero-order valence-electron chi connectivity index (χ0n) is 11.3. The Hall–Kier alpha value is -2.17. The standard InChI is InChI=1S/C14H17N3O2/c1-4-12-15-5-6-17(12)13-8-10(14(18)19)7-11(16-13)9(2)3/h5-9H,4H2,1-3H3,(H,18,19). The van der Waals surface area contributed by atoms with Crippen molar-refractivity contribution in [3.63, 3.8) is 0 Å². The molecule has 5 nitrogen and oxygen atoms in total. The highest BCUT2D eigenvalue weighted by molar-refractivity contribution is 5.88. The molecule has 100 valence electrons. The number of hydrogen-bond donors (Lipinski definition) is 1. The Balaban J connectivity index is 2.59. The third kappa shape index (κ3) is 2.65. The van der Waals surface area contributed by atoms with Crippen LogP contribution < -0.4 is 0 Å². The molecule has 0 fully saturated rings. The summed E-state index contributed by atoms with van der Waals surface area (Å²) in [5, 5.41) is 9.19. The molecule has 2 aromatic rings. The minimum absolute atomic E-state index is 0.173. The predicted octanol–water partition coefficient (Wildman–Crippen LogP) is 2.65. The van der Waals surface area contributed by atoms with Crippen LogP contribution in [0.3, 0.4) is 0 Å². The van der Waals surface area contributed by atoms with Crippen LogP contribution in [0.4, 0.5) is 0 Å².